The minimum absolute atomic E-state index is 0.218. The van der Waals surface area contributed by atoms with Crippen molar-refractivity contribution in [1.82, 2.24) is 14.6 Å². The first kappa shape index (κ1) is 11.2. The van der Waals surface area contributed by atoms with E-state index in [0.29, 0.717) is 11.3 Å². The number of fused-ring (bicyclic) bond motifs is 1. The molecule has 2 N–H and O–H groups in total. The molecule has 0 amide bonds. The van der Waals surface area contributed by atoms with Gasteiger partial charge in [0.1, 0.15) is 12.1 Å². The fraction of sp³-hybridized carbons (Fsp3) is 0. The normalized spacial score (nSPS) is 10.5. The maximum atomic E-state index is 10.9. The zero-order valence-electron chi connectivity index (χ0n) is 9.82. The molecule has 94 valence electrons. The molecule has 0 aliphatic carbocycles. The minimum atomic E-state index is -0.964. The molecule has 2 aromatic heterocycles. The summed E-state index contributed by atoms with van der Waals surface area (Å²) >= 11 is 0. The van der Waals surface area contributed by atoms with Crippen molar-refractivity contribution in [2.24, 2.45) is 0 Å². The molecule has 19 heavy (non-hydrogen) atoms. The second-order valence-electron chi connectivity index (χ2n) is 3.95. The Hall–Kier alpha value is -2.89. The highest BCUT2D eigenvalue weighted by atomic mass is 16.4. The number of aromatic nitrogens is 3. The highest BCUT2D eigenvalue weighted by Crippen LogP contribution is 2.15. The van der Waals surface area contributed by atoms with Crippen LogP contribution in [0.2, 0.25) is 0 Å². The molecule has 0 fully saturated rings. The van der Waals surface area contributed by atoms with Gasteiger partial charge in [0.2, 0.25) is 0 Å². The number of aromatic carboxylic acids is 1. The van der Waals surface area contributed by atoms with E-state index in [4.69, 9.17) is 5.11 Å². The SMILES string of the molecule is O=C(O)c1ccc2c(c1)ncn2Nc1ccccn1. The lowest BCUT2D eigenvalue weighted by Crippen LogP contribution is -2.08. The number of hydrogen-bond acceptors (Lipinski definition) is 4. The Kier molecular flexibility index (Phi) is 2.60. The lowest BCUT2D eigenvalue weighted by molar-refractivity contribution is 0.0697. The van der Waals surface area contributed by atoms with Gasteiger partial charge in [-0.1, -0.05) is 6.07 Å². The van der Waals surface area contributed by atoms with Crippen molar-refractivity contribution in [2.75, 3.05) is 5.43 Å². The Morgan fingerprint density at radius 1 is 1.21 bits per heavy atom. The number of anilines is 1. The van der Waals surface area contributed by atoms with Crippen molar-refractivity contribution in [3.05, 3.63) is 54.5 Å². The van der Waals surface area contributed by atoms with Gasteiger partial charge in [-0.05, 0) is 30.3 Å². The zero-order valence-corrected chi connectivity index (χ0v) is 9.82. The van der Waals surface area contributed by atoms with E-state index < -0.39 is 5.97 Å². The van der Waals surface area contributed by atoms with E-state index in [9.17, 15) is 4.79 Å². The topological polar surface area (TPSA) is 80.0 Å². The number of pyridine rings is 1. The number of hydrogen-bond donors (Lipinski definition) is 2. The summed E-state index contributed by atoms with van der Waals surface area (Å²) in [7, 11) is 0. The summed E-state index contributed by atoms with van der Waals surface area (Å²) in [5.41, 5.74) is 4.69. The van der Waals surface area contributed by atoms with Crippen molar-refractivity contribution in [2.45, 2.75) is 0 Å². The highest BCUT2D eigenvalue weighted by Gasteiger charge is 2.07. The van der Waals surface area contributed by atoms with Crippen LogP contribution in [0.25, 0.3) is 11.0 Å². The maximum Gasteiger partial charge on any atom is 0.335 e. The Morgan fingerprint density at radius 2 is 2.11 bits per heavy atom. The highest BCUT2D eigenvalue weighted by molar-refractivity contribution is 5.92. The first-order chi connectivity index (χ1) is 9.24. The van der Waals surface area contributed by atoms with Crippen LogP contribution in [-0.2, 0) is 0 Å². The number of carboxylic acids is 1. The molecule has 0 aliphatic rings. The van der Waals surface area contributed by atoms with Gasteiger partial charge in [0.25, 0.3) is 0 Å². The first-order valence-corrected chi connectivity index (χ1v) is 5.62. The number of imidazole rings is 1. The van der Waals surface area contributed by atoms with Gasteiger partial charge in [-0.15, -0.1) is 0 Å². The van der Waals surface area contributed by atoms with Crippen LogP contribution in [0.3, 0.4) is 0 Å². The van der Waals surface area contributed by atoms with Gasteiger partial charge < -0.3 is 5.11 Å². The molecule has 6 heteroatoms. The van der Waals surface area contributed by atoms with E-state index in [0.717, 1.165) is 5.52 Å². The van der Waals surface area contributed by atoms with Crippen molar-refractivity contribution >= 4 is 22.8 Å². The molecule has 0 atom stereocenters. The van der Waals surface area contributed by atoms with Crippen molar-refractivity contribution < 1.29 is 9.90 Å². The Bertz CT molecular complexity index is 737. The smallest absolute Gasteiger partial charge is 0.335 e. The van der Waals surface area contributed by atoms with Crippen LogP contribution in [0.4, 0.5) is 5.82 Å². The standard InChI is InChI=1S/C13H10N4O2/c18-13(19)9-4-5-11-10(7-9)15-8-17(11)16-12-3-1-2-6-14-12/h1-8H,(H,14,16)(H,18,19). The molecule has 0 aliphatic heterocycles. The third-order valence-electron chi connectivity index (χ3n) is 2.69. The third kappa shape index (κ3) is 2.11. The molecule has 3 rings (SSSR count). The van der Waals surface area contributed by atoms with Gasteiger partial charge >= 0.3 is 5.97 Å². The minimum Gasteiger partial charge on any atom is -0.478 e. The summed E-state index contributed by atoms with van der Waals surface area (Å²) in [6.07, 6.45) is 3.27. The molecule has 0 spiro atoms. The molecule has 0 saturated heterocycles. The number of benzene rings is 1. The van der Waals surface area contributed by atoms with E-state index in [1.165, 1.54) is 6.07 Å². The van der Waals surface area contributed by atoms with Crippen LogP contribution >= 0.6 is 0 Å². The predicted octanol–water partition coefficient (Wildman–Crippen LogP) is 2.00. The molecule has 6 nitrogen and oxygen atoms in total. The number of nitrogens with one attached hydrogen (secondary N) is 1. The van der Waals surface area contributed by atoms with Crippen LogP contribution in [-0.4, -0.2) is 25.7 Å². The Morgan fingerprint density at radius 3 is 2.84 bits per heavy atom. The van der Waals surface area contributed by atoms with E-state index in [-0.39, 0.29) is 5.56 Å². The van der Waals surface area contributed by atoms with Gasteiger partial charge in [-0.2, -0.15) is 0 Å². The van der Waals surface area contributed by atoms with Crippen molar-refractivity contribution in [1.29, 1.82) is 0 Å². The van der Waals surface area contributed by atoms with Crippen molar-refractivity contribution in [3.8, 4) is 0 Å². The van der Waals surface area contributed by atoms with Crippen LogP contribution in [0.1, 0.15) is 10.4 Å². The van der Waals surface area contributed by atoms with Crippen LogP contribution in [0.5, 0.6) is 0 Å². The molecule has 3 aromatic rings. The largest absolute Gasteiger partial charge is 0.478 e. The van der Waals surface area contributed by atoms with E-state index in [2.05, 4.69) is 15.4 Å². The van der Waals surface area contributed by atoms with Gasteiger partial charge in [-0.25, -0.2) is 19.4 Å². The van der Waals surface area contributed by atoms with Crippen LogP contribution in [0.15, 0.2) is 48.9 Å². The van der Waals surface area contributed by atoms with Gasteiger partial charge in [0.05, 0.1) is 16.6 Å². The molecule has 2 heterocycles. The molecule has 0 bridgehead atoms. The van der Waals surface area contributed by atoms with E-state index in [1.807, 2.05) is 18.2 Å². The quantitative estimate of drug-likeness (QED) is 0.747. The second kappa shape index (κ2) is 4.41. The molecule has 1 aromatic carbocycles. The fourth-order valence-corrected chi connectivity index (χ4v) is 1.79. The first-order valence-electron chi connectivity index (χ1n) is 5.62. The lowest BCUT2D eigenvalue weighted by atomic mass is 10.2. The number of carbonyl (C=O) groups is 1. The average Bonchev–Trinajstić information content (AvgIpc) is 2.82. The number of carboxylic acid groups (broad SMARTS) is 1. The molecule has 0 saturated carbocycles. The van der Waals surface area contributed by atoms with E-state index >= 15 is 0 Å². The third-order valence-corrected chi connectivity index (χ3v) is 2.69. The number of rotatable bonds is 3. The maximum absolute atomic E-state index is 10.9. The monoisotopic (exact) mass is 254 g/mol. The molecule has 0 radical (unpaired) electrons. The summed E-state index contributed by atoms with van der Waals surface area (Å²) in [5, 5.41) is 8.93. The summed E-state index contributed by atoms with van der Waals surface area (Å²) in [4.78, 5) is 19.2. The average molecular weight is 254 g/mol. The molecule has 0 unspecified atom stereocenters. The van der Waals surface area contributed by atoms with Gasteiger partial charge in [0, 0.05) is 6.20 Å². The van der Waals surface area contributed by atoms with Gasteiger partial charge in [0.15, 0.2) is 0 Å². The predicted molar refractivity (Wildman–Crippen MR) is 70.0 cm³/mol. The van der Waals surface area contributed by atoms with Crippen molar-refractivity contribution in [3.63, 3.8) is 0 Å². The van der Waals surface area contributed by atoms with Crippen LogP contribution in [0, 0.1) is 0 Å². The van der Waals surface area contributed by atoms with E-state index in [1.54, 1.807) is 29.3 Å². The van der Waals surface area contributed by atoms with Crippen LogP contribution < -0.4 is 5.43 Å². The second-order valence-corrected chi connectivity index (χ2v) is 3.95. The summed E-state index contributed by atoms with van der Waals surface area (Å²) < 4.78 is 1.70. The summed E-state index contributed by atoms with van der Waals surface area (Å²) in [6.45, 7) is 0. The Balaban J connectivity index is 1.99. The zero-order chi connectivity index (χ0) is 13.2. The molecular weight excluding hydrogens is 244 g/mol. The Labute approximate surface area is 108 Å². The summed E-state index contributed by atoms with van der Waals surface area (Å²) in [6, 6.07) is 10.3. The fourth-order valence-electron chi connectivity index (χ4n) is 1.79. The molecular formula is C13H10N4O2. The summed E-state index contributed by atoms with van der Waals surface area (Å²) in [5.74, 6) is -0.279. The number of nitrogens with zero attached hydrogens (tertiary/aromatic N) is 3. The van der Waals surface area contributed by atoms with Gasteiger partial charge in [-0.3, -0.25) is 5.43 Å². The lowest BCUT2D eigenvalue weighted by Gasteiger charge is -2.06.